The maximum Gasteiger partial charge on any atom is 0.407 e. The summed E-state index contributed by atoms with van der Waals surface area (Å²) in [7, 11) is 0. The van der Waals surface area contributed by atoms with Gasteiger partial charge in [-0.1, -0.05) is 43.7 Å². The number of aliphatic hydroxyl groups is 1. The summed E-state index contributed by atoms with van der Waals surface area (Å²) >= 11 is 0. The summed E-state index contributed by atoms with van der Waals surface area (Å²) < 4.78 is 5.09. The number of benzene rings is 1. The van der Waals surface area contributed by atoms with Crippen LogP contribution in [0.5, 0.6) is 0 Å². The standard InChI is InChI=1S/C14H21NO3/c1-2-12(8-9-16)10-15-14(17)18-11-13-6-4-3-5-7-13/h3-7,12,16H,2,8-11H2,1H3,(H,15,17). The lowest BCUT2D eigenvalue weighted by molar-refractivity contribution is 0.136. The summed E-state index contributed by atoms with van der Waals surface area (Å²) in [6.45, 7) is 3.02. The van der Waals surface area contributed by atoms with Crippen LogP contribution in [-0.2, 0) is 11.3 Å². The molecule has 100 valence electrons. The van der Waals surface area contributed by atoms with E-state index in [4.69, 9.17) is 9.84 Å². The van der Waals surface area contributed by atoms with E-state index in [1.54, 1.807) is 0 Å². The van der Waals surface area contributed by atoms with Gasteiger partial charge in [0.1, 0.15) is 6.61 Å². The molecule has 18 heavy (non-hydrogen) atoms. The molecule has 1 aromatic carbocycles. The zero-order chi connectivity index (χ0) is 13.2. The predicted octanol–water partition coefficient (Wildman–Crippen LogP) is 2.32. The number of hydrogen-bond acceptors (Lipinski definition) is 3. The molecule has 0 fully saturated rings. The fourth-order valence-electron chi connectivity index (χ4n) is 1.63. The van der Waals surface area contributed by atoms with Crippen LogP contribution in [0, 0.1) is 5.92 Å². The van der Waals surface area contributed by atoms with Crippen molar-refractivity contribution in [2.75, 3.05) is 13.2 Å². The fourth-order valence-corrected chi connectivity index (χ4v) is 1.63. The highest BCUT2D eigenvalue weighted by molar-refractivity contribution is 5.67. The van der Waals surface area contributed by atoms with Gasteiger partial charge in [-0.05, 0) is 17.9 Å². The van der Waals surface area contributed by atoms with Gasteiger partial charge in [0.25, 0.3) is 0 Å². The van der Waals surface area contributed by atoms with E-state index in [1.807, 2.05) is 37.3 Å². The first-order chi connectivity index (χ1) is 8.76. The summed E-state index contributed by atoms with van der Waals surface area (Å²) in [5, 5.41) is 11.6. The van der Waals surface area contributed by atoms with Gasteiger partial charge in [-0.15, -0.1) is 0 Å². The van der Waals surface area contributed by atoms with Crippen molar-refractivity contribution in [2.24, 2.45) is 5.92 Å². The van der Waals surface area contributed by atoms with Crippen molar-refractivity contribution >= 4 is 6.09 Å². The number of rotatable bonds is 7. The highest BCUT2D eigenvalue weighted by Crippen LogP contribution is 2.06. The second kappa shape index (κ2) is 8.53. The zero-order valence-electron chi connectivity index (χ0n) is 10.8. The van der Waals surface area contributed by atoms with Crippen LogP contribution >= 0.6 is 0 Å². The molecule has 0 saturated heterocycles. The normalized spacial score (nSPS) is 11.9. The van der Waals surface area contributed by atoms with E-state index in [0.717, 1.165) is 12.0 Å². The number of hydrogen-bond donors (Lipinski definition) is 2. The quantitative estimate of drug-likeness (QED) is 0.782. The van der Waals surface area contributed by atoms with Crippen LogP contribution in [0.4, 0.5) is 4.79 Å². The van der Waals surface area contributed by atoms with Gasteiger partial charge in [-0.25, -0.2) is 4.79 Å². The molecular formula is C14H21NO3. The molecule has 0 radical (unpaired) electrons. The summed E-state index contributed by atoms with van der Waals surface area (Å²) in [4.78, 5) is 11.4. The minimum Gasteiger partial charge on any atom is -0.445 e. The Morgan fingerprint density at radius 1 is 1.39 bits per heavy atom. The molecule has 0 heterocycles. The third-order valence-corrected chi connectivity index (χ3v) is 2.86. The first-order valence-electron chi connectivity index (χ1n) is 6.31. The number of ether oxygens (including phenoxy) is 1. The average molecular weight is 251 g/mol. The molecule has 4 heteroatoms. The molecule has 0 spiro atoms. The Balaban J connectivity index is 2.21. The van der Waals surface area contributed by atoms with Crippen LogP contribution < -0.4 is 5.32 Å². The zero-order valence-corrected chi connectivity index (χ0v) is 10.8. The van der Waals surface area contributed by atoms with E-state index in [9.17, 15) is 4.79 Å². The molecule has 0 aliphatic carbocycles. The monoisotopic (exact) mass is 251 g/mol. The molecule has 2 N–H and O–H groups in total. The Kier molecular flexibility index (Phi) is 6.87. The first-order valence-corrected chi connectivity index (χ1v) is 6.31. The van der Waals surface area contributed by atoms with Crippen molar-refractivity contribution in [3.8, 4) is 0 Å². The molecule has 0 aromatic heterocycles. The Morgan fingerprint density at radius 2 is 2.11 bits per heavy atom. The lowest BCUT2D eigenvalue weighted by Crippen LogP contribution is -2.30. The van der Waals surface area contributed by atoms with Crippen molar-refractivity contribution < 1.29 is 14.6 Å². The topological polar surface area (TPSA) is 58.6 Å². The predicted molar refractivity (Wildman–Crippen MR) is 70.1 cm³/mol. The highest BCUT2D eigenvalue weighted by Gasteiger charge is 2.08. The number of carbonyl (C=O) groups excluding carboxylic acids is 1. The van der Waals surface area contributed by atoms with Gasteiger partial charge < -0.3 is 15.2 Å². The number of nitrogens with one attached hydrogen (secondary N) is 1. The van der Waals surface area contributed by atoms with E-state index >= 15 is 0 Å². The van der Waals surface area contributed by atoms with Crippen molar-refractivity contribution in [3.63, 3.8) is 0 Å². The fraction of sp³-hybridized carbons (Fsp3) is 0.500. The van der Waals surface area contributed by atoms with Crippen LogP contribution in [0.3, 0.4) is 0 Å². The minimum absolute atomic E-state index is 0.152. The SMILES string of the molecule is CCC(CCO)CNC(=O)OCc1ccccc1. The van der Waals surface area contributed by atoms with E-state index in [-0.39, 0.29) is 13.2 Å². The lowest BCUT2D eigenvalue weighted by Gasteiger charge is -2.14. The third-order valence-electron chi connectivity index (χ3n) is 2.86. The molecule has 4 nitrogen and oxygen atoms in total. The van der Waals surface area contributed by atoms with E-state index < -0.39 is 6.09 Å². The largest absolute Gasteiger partial charge is 0.445 e. The van der Waals surface area contributed by atoms with Crippen LogP contribution in [0.25, 0.3) is 0 Å². The smallest absolute Gasteiger partial charge is 0.407 e. The Labute approximate surface area is 108 Å². The van der Waals surface area contributed by atoms with Crippen LogP contribution in [0.1, 0.15) is 25.3 Å². The molecule has 0 aliphatic heterocycles. The van der Waals surface area contributed by atoms with Gasteiger partial charge in [-0.3, -0.25) is 0 Å². The van der Waals surface area contributed by atoms with Gasteiger partial charge in [0.15, 0.2) is 0 Å². The molecule has 1 amide bonds. The Morgan fingerprint density at radius 3 is 2.72 bits per heavy atom. The molecule has 0 bridgehead atoms. The Hall–Kier alpha value is -1.55. The molecular weight excluding hydrogens is 230 g/mol. The maximum atomic E-state index is 11.4. The van der Waals surface area contributed by atoms with Crippen LogP contribution in [-0.4, -0.2) is 24.4 Å². The number of carbonyl (C=O) groups is 1. The van der Waals surface area contributed by atoms with E-state index in [0.29, 0.717) is 18.9 Å². The maximum absolute atomic E-state index is 11.4. The summed E-state index contributed by atoms with van der Waals surface area (Å²) in [6.07, 6.45) is 1.23. The van der Waals surface area contributed by atoms with Gasteiger partial charge in [0.2, 0.25) is 0 Å². The van der Waals surface area contributed by atoms with E-state index in [1.165, 1.54) is 0 Å². The number of aliphatic hydroxyl groups excluding tert-OH is 1. The molecule has 1 aromatic rings. The summed E-state index contributed by atoms with van der Waals surface area (Å²) in [5.74, 6) is 0.305. The first kappa shape index (κ1) is 14.5. The molecule has 0 saturated carbocycles. The van der Waals surface area contributed by atoms with Gasteiger partial charge in [-0.2, -0.15) is 0 Å². The van der Waals surface area contributed by atoms with Crippen molar-refractivity contribution in [2.45, 2.75) is 26.4 Å². The van der Waals surface area contributed by atoms with Crippen molar-refractivity contribution in [1.29, 1.82) is 0 Å². The second-order valence-corrected chi connectivity index (χ2v) is 4.23. The number of alkyl carbamates (subject to hydrolysis) is 1. The third kappa shape index (κ3) is 5.68. The van der Waals surface area contributed by atoms with Crippen LogP contribution in [0.2, 0.25) is 0 Å². The minimum atomic E-state index is -0.407. The Bertz CT molecular complexity index is 340. The lowest BCUT2D eigenvalue weighted by atomic mass is 10.0. The summed E-state index contributed by atoms with van der Waals surface area (Å²) in [5.41, 5.74) is 0.968. The number of amides is 1. The van der Waals surface area contributed by atoms with Crippen molar-refractivity contribution in [1.82, 2.24) is 5.32 Å². The van der Waals surface area contributed by atoms with Gasteiger partial charge in [0.05, 0.1) is 0 Å². The summed E-state index contributed by atoms with van der Waals surface area (Å²) in [6, 6.07) is 9.56. The molecule has 0 aliphatic rings. The molecule has 1 unspecified atom stereocenters. The van der Waals surface area contributed by atoms with Gasteiger partial charge in [0, 0.05) is 13.2 Å². The molecule has 1 rings (SSSR count). The second-order valence-electron chi connectivity index (χ2n) is 4.23. The highest BCUT2D eigenvalue weighted by atomic mass is 16.5. The average Bonchev–Trinajstić information content (AvgIpc) is 2.42. The molecule has 1 atom stereocenters. The van der Waals surface area contributed by atoms with Crippen LogP contribution in [0.15, 0.2) is 30.3 Å². The van der Waals surface area contributed by atoms with Crippen molar-refractivity contribution in [3.05, 3.63) is 35.9 Å². The van der Waals surface area contributed by atoms with E-state index in [2.05, 4.69) is 5.32 Å². The van der Waals surface area contributed by atoms with Gasteiger partial charge >= 0.3 is 6.09 Å².